The smallest absolute Gasteiger partial charge is 0.253 e. The standard InChI is InChI=1S/C20H33N3O3S/c1-6-23(7-2)27(25,26)19-14-18(9-8-17(19)5)20(24)22-12-10-21(11-13-22)15-16(3)4/h8-9,14,16H,6-7,10-13,15H2,1-5H3. The summed E-state index contributed by atoms with van der Waals surface area (Å²) in [4.78, 5) is 17.4. The van der Waals surface area contributed by atoms with Crippen molar-refractivity contribution in [3.63, 3.8) is 0 Å². The third kappa shape index (κ3) is 5.09. The van der Waals surface area contributed by atoms with Gasteiger partial charge in [-0.1, -0.05) is 33.8 Å². The molecule has 0 spiro atoms. The highest BCUT2D eigenvalue weighted by Gasteiger charge is 2.27. The van der Waals surface area contributed by atoms with E-state index >= 15 is 0 Å². The summed E-state index contributed by atoms with van der Waals surface area (Å²) in [6.45, 7) is 14.7. The van der Waals surface area contributed by atoms with Crippen molar-refractivity contribution >= 4 is 15.9 Å². The maximum absolute atomic E-state index is 12.9. The zero-order valence-corrected chi connectivity index (χ0v) is 18.1. The Morgan fingerprint density at radius 3 is 2.22 bits per heavy atom. The van der Waals surface area contributed by atoms with Crippen molar-refractivity contribution in [1.82, 2.24) is 14.1 Å². The molecule has 6 nitrogen and oxygen atoms in total. The lowest BCUT2D eigenvalue weighted by Crippen LogP contribution is -2.49. The van der Waals surface area contributed by atoms with Crippen LogP contribution in [-0.2, 0) is 10.0 Å². The number of sulfonamides is 1. The van der Waals surface area contributed by atoms with Crippen LogP contribution >= 0.6 is 0 Å². The lowest BCUT2D eigenvalue weighted by Gasteiger charge is -2.35. The predicted octanol–water partition coefficient (Wildman–Crippen LogP) is 2.44. The third-order valence-corrected chi connectivity index (χ3v) is 7.23. The average Bonchev–Trinajstić information content (AvgIpc) is 2.62. The van der Waals surface area contributed by atoms with Gasteiger partial charge in [-0.25, -0.2) is 8.42 Å². The van der Waals surface area contributed by atoms with Gasteiger partial charge in [0.1, 0.15) is 0 Å². The molecule has 1 amide bonds. The molecule has 0 aromatic heterocycles. The van der Waals surface area contributed by atoms with Crippen LogP contribution in [0.2, 0.25) is 0 Å². The zero-order chi connectivity index (χ0) is 20.2. The van der Waals surface area contributed by atoms with Crippen molar-refractivity contribution < 1.29 is 13.2 Å². The normalized spacial score (nSPS) is 16.3. The number of benzene rings is 1. The number of rotatable bonds is 7. The molecule has 0 N–H and O–H groups in total. The third-order valence-electron chi connectivity index (χ3n) is 5.04. The fourth-order valence-electron chi connectivity index (χ4n) is 3.55. The van der Waals surface area contributed by atoms with Crippen LogP contribution in [-0.4, -0.2) is 74.2 Å². The number of piperazine rings is 1. The second-order valence-corrected chi connectivity index (χ2v) is 9.46. The summed E-state index contributed by atoms with van der Waals surface area (Å²) in [7, 11) is -3.59. The Labute approximate surface area is 164 Å². The molecule has 1 aliphatic heterocycles. The molecule has 0 atom stereocenters. The number of amides is 1. The SMILES string of the molecule is CCN(CC)S(=O)(=O)c1cc(C(=O)N2CCN(CC(C)C)CC2)ccc1C. The molecule has 27 heavy (non-hydrogen) atoms. The maximum atomic E-state index is 12.9. The summed E-state index contributed by atoms with van der Waals surface area (Å²) >= 11 is 0. The Morgan fingerprint density at radius 1 is 1.11 bits per heavy atom. The molecule has 0 unspecified atom stereocenters. The number of hydrogen-bond donors (Lipinski definition) is 0. The molecule has 0 radical (unpaired) electrons. The highest BCUT2D eigenvalue weighted by molar-refractivity contribution is 7.89. The Morgan fingerprint density at radius 2 is 1.70 bits per heavy atom. The molecule has 7 heteroatoms. The first kappa shape index (κ1) is 21.9. The summed E-state index contributed by atoms with van der Waals surface area (Å²) in [6, 6.07) is 5.02. The van der Waals surface area contributed by atoms with Gasteiger partial charge >= 0.3 is 0 Å². The monoisotopic (exact) mass is 395 g/mol. The first-order valence-corrected chi connectivity index (χ1v) is 11.3. The van der Waals surface area contributed by atoms with E-state index < -0.39 is 10.0 Å². The Balaban J connectivity index is 2.19. The van der Waals surface area contributed by atoms with Gasteiger partial charge in [-0.3, -0.25) is 9.69 Å². The van der Waals surface area contributed by atoms with Crippen LogP contribution in [0.3, 0.4) is 0 Å². The van der Waals surface area contributed by atoms with Gasteiger partial charge in [0.25, 0.3) is 5.91 Å². The van der Waals surface area contributed by atoms with Crippen LogP contribution in [0.15, 0.2) is 23.1 Å². The van der Waals surface area contributed by atoms with Crippen LogP contribution in [0.4, 0.5) is 0 Å². The van der Waals surface area contributed by atoms with Crippen LogP contribution in [0.1, 0.15) is 43.6 Å². The van der Waals surface area contributed by atoms with E-state index in [0.717, 1.165) is 19.6 Å². The minimum Gasteiger partial charge on any atom is -0.336 e. The molecule has 152 valence electrons. The number of hydrogen-bond acceptors (Lipinski definition) is 4. The summed E-state index contributed by atoms with van der Waals surface area (Å²) in [5, 5.41) is 0. The molecule has 0 aliphatic carbocycles. The highest BCUT2D eigenvalue weighted by atomic mass is 32.2. The second-order valence-electron chi connectivity index (χ2n) is 7.56. The van der Waals surface area contributed by atoms with Crippen LogP contribution in [0.25, 0.3) is 0 Å². The molecular weight excluding hydrogens is 362 g/mol. The summed E-state index contributed by atoms with van der Waals surface area (Å²) in [6.07, 6.45) is 0. The van der Waals surface area contributed by atoms with Gasteiger partial charge in [0.05, 0.1) is 4.90 Å². The van der Waals surface area contributed by atoms with Gasteiger partial charge in [0.15, 0.2) is 0 Å². The van der Waals surface area contributed by atoms with Crippen molar-refractivity contribution in [2.45, 2.75) is 39.5 Å². The fourth-order valence-corrected chi connectivity index (χ4v) is 5.25. The lowest BCUT2D eigenvalue weighted by atomic mass is 10.1. The van der Waals surface area contributed by atoms with Crippen LogP contribution in [0.5, 0.6) is 0 Å². The highest BCUT2D eigenvalue weighted by Crippen LogP contribution is 2.22. The van der Waals surface area contributed by atoms with E-state index in [1.54, 1.807) is 25.1 Å². The predicted molar refractivity (Wildman–Crippen MR) is 108 cm³/mol. The van der Waals surface area contributed by atoms with E-state index in [-0.39, 0.29) is 10.8 Å². The van der Waals surface area contributed by atoms with E-state index in [9.17, 15) is 13.2 Å². The summed E-state index contributed by atoms with van der Waals surface area (Å²) in [5.74, 6) is 0.521. The second kappa shape index (κ2) is 9.17. The van der Waals surface area contributed by atoms with Gasteiger partial charge in [-0.05, 0) is 30.5 Å². The number of carbonyl (C=O) groups excluding carboxylic acids is 1. The Kier molecular flexibility index (Phi) is 7.42. The van der Waals surface area contributed by atoms with Gasteiger partial charge in [0, 0.05) is 51.4 Å². The topological polar surface area (TPSA) is 60.9 Å². The van der Waals surface area contributed by atoms with E-state index in [4.69, 9.17) is 0 Å². The number of nitrogens with zero attached hydrogens (tertiary/aromatic N) is 3. The minimum atomic E-state index is -3.59. The molecule has 0 saturated carbocycles. The van der Waals surface area contributed by atoms with Crippen molar-refractivity contribution in [3.05, 3.63) is 29.3 Å². The van der Waals surface area contributed by atoms with Crippen molar-refractivity contribution in [3.8, 4) is 0 Å². The van der Waals surface area contributed by atoms with Gasteiger partial charge in [0.2, 0.25) is 10.0 Å². The van der Waals surface area contributed by atoms with Crippen LogP contribution < -0.4 is 0 Å². The molecule has 1 saturated heterocycles. The zero-order valence-electron chi connectivity index (χ0n) is 17.2. The van der Waals surface area contributed by atoms with E-state index in [1.807, 2.05) is 18.7 Å². The molecule has 1 aromatic rings. The first-order chi connectivity index (χ1) is 12.7. The molecular formula is C20H33N3O3S. The maximum Gasteiger partial charge on any atom is 0.253 e. The van der Waals surface area contributed by atoms with Crippen molar-refractivity contribution in [2.24, 2.45) is 5.92 Å². The Hall–Kier alpha value is -1.44. The average molecular weight is 396 g/mol. The molecule has 1 aromatic carbocycles. The lowest BCUT2D eigenvalue weighted by molar-refractivity contribution is 0.0623. The van der Waals surface area contributed by atoms with Crippen molar-refractivity contribution in [2.75, 3.05) is 45.8 Å². The van der Waals surface area contributed by atoms with Crippen molar-refractivity contribution in [1.29, 1.82) is 0 Å². The minimum absolute atomic E-state index is 0.0878. The van der Waals surface area contributed by atoms with Gasteiger partial charge in [-0.15, -0.1) is 0 Å². The number of aryl methyl sites for hydroxylation is 1. The summed E-state index contributed by atoms with van der Waals surface area (Å²) < 4.78 is 27.2. The van der Waals surface area contributed by atoms with Gasteiger partial charge in [-0.2, -0.15) is 4.31 Å². The van der Waals surface area contributed by atoms with E-state index in [2.05, 4.69) is 18.7 Å². The molecule has 2 rings (SSSR count). The molecule has 1 heterocycles. The molecule has 1 aliphatic rings. The first-order valence-electron chi connectivity index (χ1n) is 9.83. The van der Waals surface area contributed by atoms with E-state index in [1.165, 1.54) is 4.31 Å². The van der Waals surface area contributed by atoms with Crippen LogP contribution in [0, 0.1) is 12.8 Å². The summed E-state index contributed by atoms with van der Waals surface area (Å²) in [5.41, 5.74) is 1.11. The largest absolute Gasteiger partial charge is 0.336 e. The fraction of sp³-hybridized carbons (Fsp3) is 0.650. The Bertz CT molecular complexity index is 750. The van der Waals surface area contributed by atoms with E-state index in [0.29, 0.717) is 43.2 Å². The number of carbonyl (C=O) groups is 1. The van der Waals surface area contributed by atoms with Gasteiger partial charge < -0.3 is 4.90 Å². The quantitative estimate of drug-likeness (QED) is 0.711. The molecule has 1 fully saturated rings. The molecule has 0 bridgehead atoms.